The van der Waals surface area contributed by atoms with Gasteiger partial charge < -0.3 is 5.32 Å². The van der Waals surface area contributed by atoms with Gasteiger partial charge in [0.15, 0.2) is 5.69 Å². The summed E-state index contributed by atoms with van der Waals surface area (Å²) in [5, 5.41) is 7.31. The molecule has 1 aromatic heterocycles. The number of carbonyl (C=O) groups excluding carboxylic acids is 1. The van der Waals surface area contributed by atoms with Crippen molar-refractivity contribution in [3.63, 3.8) is 0 Å². The molecule has 0 saturated heterocycles. The summed E-state index contributed by atoms with van der Waals surface area (Å²) in [5.74, 6) is -0.137. The highest BCUT2D eigenvalue weighted by Gasteiger charge is 2.13. The van der Waals surface area contributed by atoms with Crippen molar-refractivity contribution in [3.8, 4) is 11.3 Å². The van der Waals surface area contributed by atoms with Crippen LogP contribution in [0.2, 0.25) is 0 Å². The molecular weight excluding hydrogens is 310 g/mol. The van der Waals surface area contributed by atoms with Crippen LogP contribution in [-0.4, -0.2) is 22.2 Å². The number of aromatic nitrogens is 2. The van der Waals surface area contributed by atoms with Gasteiger partial charge in [0.1, 0.15) is 0 Å². The van der Waals surface area contributed by atoms with Crippen molar-refractivity contribution in [1.82, 2.24) is 15.1 Å². The van der Waals surface area contributed by atoms with E-state index in [0.29, 0.717) is 12.2 Å². The first-order valence-corrected chi connectivity index (χ1v) is 8.48. The predicted molar refractivity (Wildman–Crippen MR) is 101 cm³/mol. The number of amides is 1. The molecule has 4 heteroatoms. The summed E-state index contributed by atoms with van der Waals surface area (Å²) in [4.78, 5) is 12.4. The van der Waals surface area contributed by atoms with Crippen molar-refractivity contribution in [2.24, 2.45) is 7.05 Å². The molecule has 4 nitrogen and oxygen atoms in total. The fourth-order valence-electron chi connectivity index (χ4n) is 2.85. The van der Waals surface area contributed by atoms with Crippen LogP contribution >= 0.6 is 0 Å². The summed E-state index contributed by atoms with van der Waals surface area (Å²) >= 11 is 0. The second-order valence-electron chi connectivity index (χ2n) is 6.40. The lowest BCUT2D eigenvalue weighted by Crippen LogP contribution is -2.26. The quantitative estimate of drug-likeness (QED) is 0.774. The highest BCUT2D eigenvalue weighted by Crippen LogP contribution is 2.20. The molecule has 0 aliphatic rings. The minimum Gasteiger partial charge on any atom is -0.350 e. The van der Waals surface area contributed by atoms with Gasteiger partial charge in [0, 0.05) is 13.6 Å². The summed E-state index contributed by atoms with van der Waals surface area (Å²) in [6, 6.07) is 18.4. The van der Waals surface area contributed by atoms with Gasteiger partial charge >= 0.3 is 0 Å². The van der Waals surface area contributed by atoms with Gasteiger partial charge in [-0.1, -0.05) is 59.7 Å². The van der Waals surface area contributed by atoms with E-state index in [1.54, 1.807) is 4.68 Å². The largest absolute Gasteiger partial charge is 0.350 e. The van der Waals surface area contributed by atoms with E-state index in [4.69, 9.17) is 0 Å². The average Bonchev–Trinajstić information content (AvgIpc) is 2.97. The third-order valence-corrected chi connectivity index (χ3v) is 4.24. The Kier molecular flexibility index (Phi) is 4.98. The van der Waals surface area contributed by atoms with Gasteiger partial charge in [-0.25, -0.2) is 0 Å². The highest BCUT2D eigenvalue weighted by molar-refractivity contribution is 5.93. The third-order valence-electron chi connectivity index (χ3n) is 4.24. The van der Waals surface area contributed by atoms with Crippen molar-refractivity contribution in [1.29, 1.82) is 0 Å². The smallest absolute Gasteiger partial charge is 0.271 e. The molecule has 0 bridgehead atoms. The Morgan fingerprint density at radius 2 is 1.80 bits per heavy atom. The zero-order valence-corrected chi connectivity index (χ0v) is 14.9. The Morgan fingerprint density at radius 3 is 2.52 bits per heavy atom. The maximum Gasteiger partial charge on any atom is 0.271 e. The molecule has 0 aliphatic heterocycles. The lowest BCUT2D eigenvalue weighted by Gasteiger charge is -2.04. The normalized spacial score (nSPS) is 10.7. The summed E-state index contributed by atoms with van der Waals surface area (Å²) in [5.41, 5.74) is 6.10. The van der Waals surface area contributed by atoms with Crippen LogP contribution in [0.3, 0.4) is 0 Å². The van der Waals surface area contributed by atoms with Crippen LogP contribution < -0.4 is 5.32 Å². The summed E-state index contributed by atoms with van der Waals surface area (Å²) in [7, 11) is 1.86. The second kappa shape index (κ2) is 7.34. The molecule has 0 unspecified atom stereocenters. The van der Waals surface area contributed by atoms with E-state index < -0.39 is 0 Å². The summed E-state index contributed by atoms with van der Waals surface area (Å²) in [6.45, 7) is 4.72. The molecule has 0 saturated carbocycles. The third kappa shape index (κ3) is 4.15. The topological polar surface area (TPSA) is 46.9 Å². The molecule has 0 atom stereocenters. The number of benzene rings is 2. The van der Waals surface area contributed by atoms with E-state index in [9.17, 15) is 4.79 Å². The molecule has 0 spiro atoms. The maximum atomic E-state index is 12.4. The molecule has 2 aromatic carbocycles. The van der Waals surface area contributed by atoms with Crippen LogP contribution in [0.5, 0.6) is 0 Å². The first-order valence-electron chi connectivity index (χ1n) is 8.48. The number of carbonyl (C=O) groups is 1. The van der Waals surface area contributed by atoms with Crippen molar-refractivity contribution < 1.29 is 4.79 Å². The van der Waals surface area contributed by atoms with Crippen molar-refractivity contribution in [2.75, 3.05) is 6.54 Å². The SMILES string of the molecule is Cc1ccc(-c2cc(C(=O)NCCc3cccc(C)c3)nn2C)cc1. The van der Waals surface area contributed by atoms with Crippen LogP contribution in [0.1, 0.15) is 27.2 Å². The van der Waals surface area contributed by atoms with Gasteiger partial charge in [-0.2, -0.15) is 5.10 Å². The molecule has 1 amide bonds. The van der Waals surface area contributed by atoms with Crippen LogP contribution in [0.4, 0.5) is 0 Å². The van der Waals surface area contributed by atoms with E-state index >= 15 is 0 Å². The van der Waals surface area contributed by atoms with Crippen LogP contribution in [0.25, 0.3) is 11.3 Å². The molecule has 128 valence electrons. The van der Waals surface area contributed by atoms with Gasteiger partial charge in [-0.3, -0.25) is 9.48 Å². The molecule has 3 aromatic rings. The number of aryl methyl sites for hydroxylation is 3. The Morgan fingerprint density at radius 1 is 1.04 bits per heavy atom. The first-order chi connectivity index (χ1) is 12.0. The molecule has 3 rings (SSSR count). The Labute approximate surface area is 148 Å². The Balaban J connectivity index is 1.64. The molecule has 0 aliphatic carbocycles. The highest BCUT2D eigenvalue weighted by atomic mass is 16.1. The van der Waals surface area contributed by atoms with Gasteiger partial charge in [0.2, 0.25) is 0 Å². The molecule has 0 radical (unpaired) electrons. The number of nitrogens with one attached hydrogen (secondary N) is 1. The monoisotopic (exact) mass is 333 g/mol. The zero-order valence-electron chi connectivity index (χ0n) is 14.9. The predicted octanol–water partition coefficient (Wildman–Crippen LogP) is 3.68. The Hall–Kier alpha value is -2.88. The van der Waals surface area contributed by atoms with Crippen LogP contribution in [-0.2, 0) is 13.5 Å². The van der Waals surface area contributed by atoms with Gasteiger partial charge in [-0.15, -0.1) is 0 Å². The minimum atomic E-state index is -0.137. The summed E-state index contributed by atoms with van der Waals surface area (Å²) < 4.78 is 1.75. The van der Waals surface area contributed by atoms with Crippen LogP contribution in [0, 0.1) is 13.8 Å². The van der Waals surface area contributed by atoms with Gasteiger partial charge in [0.05, 0.1) is 5.69 Å². The first kappa shape index (κ1) is 17.0. The maximum absolute atomic E-state index is 12.4. The van der Waals surface area contributed by atoms with Gasteiger partial charge in [0.25, 0.3) is 5.91 Å². The lowest BCUT2D eigenvalue weighted by molar-refractivity contribution is 0.0948. The number of nitrogens with zero attached hydrogens (tertiary/aromatic N) is 2. The van der Waals surface area contributed by atoms with E-state index in [0.717, 1.165) is 17.7 Å². The Bertz CT molecular complexity index is 878. The summed E-state index contributed by atoms with van der Waals surface area (Å²) in [6.07, 6.45) is 0.811. The van der Waals surface area contributed by atoms with E-state index in [1.165, 1.54) is 16.7 Å². The number of rotatable bonds is 5. The molecule has 25 heavy (non-hydrogen) atoms. The molecular formula is C21H23N3O. The van der Waals surface area contributed by atoms with Crippen molar-refractivity contribution in [2.45, 2.75) is 20.3 Å². The average molecular weight is 333 g/mol. The van der Waals surface area contributed by atoms with Gasteiger partial charge in [-0.05, 0) is 37.5 Å². The van der Waals surface area contributed by atoms with Crippen molar-refractivity contribution >= 4 is 5.91 Å². The lowest BCUT2D eigenvalue weighted by atomic mass is 10.1. The fraction of sp³-hybridized carbons (Fsp3) is 0.238. The number of hydrogen-bond acceptors (Lipinski definition) is 2. The van der Waals surface area contributed by atoms with E-state index in [1.807, 2.05) is 31.3 Å². The molecule has 1 heterocycles. The molecule has 0 fully saturated rings. The molecule has 1 N–H and O–H groups in total. The number of hydrogen-bond donors (Lipinski definition) is 1. The standard InChI is InChI=1S/C21H23N3O/c1-15-7-9-18(10-8-15)20-14-19(23-24(20)3)21(25)22-12-11-17-6-4-5-16(2)13-17/h4-10,13-14H,11-12H2,1-3H3,(H,22,25). The zero-order chi connectivity index (χ0) is 17.8. The second-order valence-corrected chi connectivity index (χ2v) is 6.40. The fourth-order valence-corrected chi connectivity index (χ4v) is 2.85. The van der Waals surface area contributed by atoms with E-state index in [2.05, 4.69) is 54.6 Å². The van der Waals surface area contributed by atoms with E-state index in [-0.39, 0.29) is 5.91 Å². The van der Waals surface area contributed by atoms with Crippen LogP contribution in [0.15, 0.2) is 54.6 Å². The van der Waals surface area contributed by atoms with Crippen molar-refractivity contribution in [3.05, 3.63) is 77.0 Å². The minimum absolute atomic E-state index is 0.137.